The molecule has 0 saturated carbocycles. The minimum atomic E-state index is -1.51. The lowest BCUT2D eigenvalue weighted by molar-refractivity contribution is -0.169. The molecule has 1 atom stereocenters. The Kier molecular flexibility index (Phi) is 11.5. The zero-order chi connectivity index (χ0) is 23.3. The fourth-order valence-corrected chi connectivity index (χ4v) is 3.48. The average molecular weight is 429 g/mol. The van der Waals surface area contributed by atoms with Gasteiger partial charge in [0.25, 0.3) is 0 Å². The maximum absolute atomic E-state index is 12.7. The second-order valence-electron chi connectivity index (χ2n) is 8.16. The van der Waals surface area contributed by atoms with Crippen LogP contribution in [0, 0.1) is 23.7 Å². The van der Waals surface area contributed by atoms with Crippen LogP contribution >= 0.6 is 0 Å². The molecule has 0 aliphatic heterocycles. The van der Waals surface area contributed by atoms with Gasteiger partial charge in [-0.1, -0.05) is 36.8 Å². The van der Waals surface area contributed by atoms with Crippen LogP contribution in [0.4, 0.5) is 0 Å². The van der Waals surface area contributed by atoms with E-state index in [4.69, 9.17) is 20.6 Å². The maximum atomic E-state index is 12.7. The van der Waals surface area contributed by atoms with E-state index >= 15 is 0 Å². The normalized spacial score (nSPS) is 11.7. The summed E-state index contributed by atoms with van der Waals surface area (Å²) in [7, 11) is 2.52. The number of hydrogen-bond acceptors (Lipinski definition) is 5. The predicted octanol–water partition coefficient (Wildman–Crippen LogP) is 5.13. The fourth-order valence-electron chi connectivity index (χ4n) is 3.48. The highest BCUT2D eigenvalue weighted by atomic mass is 16.5. The van der Waals surface area contributed by atoms with Gasteiger partial charge in [0.15, 0.2) is 5.41 Å². The van der Waals surface area contributed by atoms with Crippen LogP contribution in [0.2, 0.25) is 0 Å². The Labute approximate surface area is 187 Å². The van der Waals surface area contributed by atoms with Crippen molar-refractivity contribution in [1.29, 1.82) is 0 Å². The molecule has 1 unspecified atom stereocenters. The van der Waals surface area contributed by atoms with Crippen molar-refractivity contribution in [3.05, 3.63) is 41.5 Å². The summed E-state index contributed by atoms with van der Waals surface area (Å²) < 4.78 is 16.0. The van der Waals surface area contributed by atoms with Gasteiger partial charge in [-0.3, -0.25) is 9.59 Å². The van der Waals surface area contributed by atoms with Crippen molar-refractivity contribution in [3.8, 4) is 18.1 Å². The Bertz CT molecular complexity index is 767. The van der Waals surface area contributed by atoms with Gasteiger partial charge in [-0.15, -0.1) is 12.3 Å². The molecular weight excluding hydrogens is 392 g/mol. The number of para-hydroxylation sites is 1. The Balaban J connectivity index is 2.96. The number of methoxy groups -OCH3 is 2. The van der Waals surface area contributed by atoms with Gasteiger partial charge >= 0.3 is 11.9 Å². The van der Waals surface area contributed by atoms with Crippen LogP contribution in [0.15, 0.2) is 35.9 Å². The molecule has 5 nitrogen and oxygen atoms in total. The summed E-state index contributed by atoms with van der Waals surface area (Å²) in [5.41, 5.74) is 0.571. The first-order chi connectivity index (χ1) is 14.8. The molecule has 0 saturated heterocycles. The van der Waals surface area contributed by atoms with Crippen LogP contribution in [0.3, 0.4) is 0 Å². The highest BCUT2D eigenvalue weighted by Crippen LogP contribution is 2.35. The molecule has 1 rings (SSSR count). The quantitative estimate of drug-likeness (QED) is 0.189. The summed E-state index contributed by atoms with van der Waals surface area (Å²) in [6.45, 7) is 6.99. The molecule has 0 aromatic heterocycles. The van der Waals surface area contributed by atoms with Gasteiger partial charge in [0, 0.05) is 12.8 Å². The van der Waals surface area contributed by atoms with Crippen molar-refractivity contribution in [2.75, 3.05) is 20.8 Å². The number of esters is 2. The summed E-state index contributed by atoms with van der Waals surface area (Å²) >= 11 is 0. The molecule has 0 aliphatic carbocycles. The Morgan fingerprint density at radius 3 is 2.35 bits per heavy atom. The zero-order valence-corrected chi connectivity index (χ0v) is 19.5. The third kappa shape index (κ3) is 8.13. The topological polar surface area (TPSA) is 61.8 Å². The molecule has 0 N–H and O–H groups in total. The van der Waals surface area contributed by atoms with Crippen molar-refractivity contribution >= 4 is 11.9 Å². The minimum absolute atomic E-state index is 0.0975. The Morgan fingerprint density at radius 1 is 1.13 bits per heavy atom. The number of allylic oxidation sites excluding steroid dienone is 2. The lowest BCUT2D eigenvalue weighted by Crippen LogP contribution is -2.43. The lowest BCUT2D eigenvalue weighted by Gasteiger charge is -2.28. The number of carbonyl (C=O) groups excluding carboxylic acids is 2. The van der Waals surface area contributed by atoms with Crippen LogP contribution in [0.25, 0.3) is 0 Å². The van der Waals surface area contributed by atoms with Gasteiger partial charge in [-0.2, -0.15) is 0 Å². The molecule has 0 heterocycles. The standard InChI is InChI=1S/C26H36O5/c1-7-8-17-26(24(27)29-5,25(28)30-6)19-22-14-9-10-15-23(22)31-18-16-21(4)13-11-12-20(2)3/h1,9-10,12,14-15,21H,8,11,13,16-19H2,2-6H3. The third-order valence-electron chi connectivity index (χ3n) is 5.39. The van der Waals surface area contributed by atoms with Crippen LogP contribution in [-0.4, -0.2) is 32.8 Å². The van der Waals surface area contributed by atoms with E-state index in [1.54, 1.807) is 0 Å². The van der Waals surface area contributed by atoms with Crippen molar-refractivity contribution in [2.24, 2.45) is 11.3 Å². The molecular formula is C26H36O5. The molecule has 0 amide bonds. The van der Waals surface area contributed by atoms with Gasteiger partial charge in [0.1, 0.15) is 5.75 Å². The number of rotatable bonds is 13. The van der Waals surface area contributed by atoms with Crippen molar-refractivity contribution in [2.45, 2.75) is 59.3 Å². The highest BCUT2D eigenvalue weighted by molar-refractivity contribution is 6.00. The minimum Gasteiger partial charge on any atom is -0.493 e. The van der Waals surface area contributed by atoms with Crippen LogP contribution in [0.5, 0.6) is 5.75 Å². The summed E-state index contributed by atoms with van der Waals surface area (Å²) in [4.78, 5) is 25.3. The maximum Gasteiger partial charge on any atom is 0.323 e. The molecule has 0 aliphatic rings. The van der Waals surface area contributed by atoms with Gasteiger partial charge in [0.2, 0.25) is 0 Å². The summed E-state index contributed by atoms with van der Waals surface area (Å²) in [6.07, 6.45) is 11.2. The van der Waals surface area contributed by atoms with Gasteiger partial charge in [-0.25, -0.2) is 0 Å². The van der Waals surface area contributed by atoms with Crippen LogP contribution in [-0.2, 0) is 25.5 Å². The number of terminal acetylenes is 1. The molecule has 0 radical (unpaired) electrons. The predicted molar refractivity (Wildman–Crippen MR) is 123 cm³/mol. The highest BCUT2D eigenvalue weighted by Gasteiger charge is 2.48. The van der Waals surface area contributed by atoms with Gasteiger partial charge < -0.3 is 14.2 Å². The first-order valence-corrected chi connectivity index (χ1v) is 10.7. The van der Waals surface area contributed by atoms with E-state index in [2.05, 4.69) is 32.8 Å². The summed E-state index contributed by atoms with van der Waals surface area (Å²) in [6, 6.07) is 7.43. The summed E-state index contributed by atoms with van der Waals surface area (Å²) in [5, 5.41) is 0. The van der Waals surface area contributed by atoms with Crippen molar-refractivity contribution in [3.63, 3.8) is 0 Å². The molecule has 31 heavy (non-hydrogen) atoms. The fraction of sp³-hybridized carbons (Fsp3) is 0.538. The van der Waals surface area contributed by atoms with Crippen LogP contribution in [0.1, 0.15) is 58.4 Å². The second kappa shape index (κ2) is 13.5. The molecule has 1 aromatic rings. The number of ether oxygens (including phenoxy) is 3. The Hall–Kier alpha value is -2.74. The monoisotopic (exact) mass is 428 g/mol. The van der Waals surface area contributed by atoms with Crippen molar-refractivity contribution < 1.29 is 23.8 Å². The number of carbonyl (C=O) groups is 2. The molecule has 170 valence electrons. The first-order valence-electron chi connectivity index (χ1n) is 10.7. The van der Waals surface area contributed by atoms with E-state index in [-0.39, 0.29) is 19.3 Å². The Morgan fingerprint density at radius 2 is 1.77 bits per heavy atom. The molecule has 1 aromatic carbocycles. The van der Waals surface area contributed by atoms with E-state index in [1.807, 2.05) is 24.3 Å². The second-order valence-corrected chi connectivity index (χ2v) is 8.16. The first kappa shape index (κ1) is 26.3. The van der Waals surface area contributed by atoms with Gasteiger partial charge in [-0.05, 0) is 57.1 Å². The van der Waals surface area contributed by atoms with Crippen molar-refractivity contribution in [1.82, 2.24) is 0 Å². The number of benzene rings is 1. The molecule has 0 fully saturated rings. The molecule has 0 spiro atoms. The van der Waals surface area contributed by atoms with Gasteiger partial charge in [0.05, 0.1) is 20.8 Å². The SMILES string of the molecule is C#CCCC(Cc1ccccc1OCCC(C)CCC=C(C)C)(C(=O)OC)C(=O)OC. The van der Waals surface area contributed by atoms with E-state index in [0.29, 0.717) is 18.3 Å². The van der Waals surface area contributed by atoms with E-state index in [0.717, 1.165) is 24.8 Å². The summed E-state index contributed by atoms with van der Waals surface area (Å²) in [5.74, 6) is 2.37. The lowest BCUT2D eigenvalue weighted by atomic mass is 9.77. The van der Waals surface area contributed by atoms with E-state index in [9.17, 15) is 9.59 Å². The zero-order valence-electron chi connectivity index (χ0n) is 19.5. The smallest absolute Gasteiger partial charge is 0.323 e. The van der Waals surface area contributed by atoms with E-state index in [1.165, 1.54) is 19.8 Å². The van der Waals surface area contributed by atoms with E-state index < -0.39 is 17.4 Å². The van der Waals surface area contributed by atoms with Crippen LogP contribution < -0.4 is 4.74 Å². The molecule has 0 bridgehead atoms. The molecule has 5 heteroatoms. The average Bonchev–Trinajstić information content (AvgIpc) is 2.76. The largest absolute Gasteiger partial charge is 0.493 e. The third-order valence-corrected chi connectivity index (χ3v) is 5.39. The number of hydrogen-bond donors (Lipinski definition) is 0.